The average Bonchev–Trinajstić information content (AvgIpc) is 3.43. The third-order valence-electron chi connectivity index (χ3n) is 12.0. The van der Waals surface area contributed by atoms with Gasteiger partial charge in [-0.1, -0.05) is 225 Å². The van der Waals surface area contributed by atoms with Gasteiger partial charge in [-0.25, -0.2) is 19.8 Å². The Balaban J connectivity index is 1.27. The second-order valence-electron chi connectivity index (χ2n) is 16.4. The number of rotatable bonds is 13. The smallest absolute Gasteiger partial charge is 0.187 e. The largest absolute Gasteiger partial charge is 0.309 e. The maximum atomic E-state index is 7.84. The van der Waals surface area contributed by atoms with Crippen LogP contribution in [-0.4, -0.2) is 15.0 Å². The van der Waals surface area contributed by atoms with E-state index in [2.05, 4.69) is 174 Å². The van der Waals surface area contributed by atoms with Crippen molar-refractivity contribution in [3.63, 3.8) is 0 Å². The molecule has 0 spiro atoms. The zero-order valence-corrected chi connectivity index (χ0v) is 37.8. The number of aromatic nitrogens is 3. The maximum absolute atomic E-state index is 7.84. The summed E-state index contributed by atoms with van der Waals surface area (Å²) >= 11 is 0. The van der Waals surface area contributed by atoms with Gasteiger partial charge >= 0.3 is 0 Å². The van der Waals surface area contributed by atoms with E-state index in [-0.39, 0.29) is 0 Å². The third kappa shape index (κ3) is 9.74. The zero-order chi connectivity index (χ0) is 46.8. The first kappa shape index (κ1) is 43.4. The minimum absolute atomic E-state index is 0.527. The number of benzene rings is 9. The lowest BCUT2D eigenvalue weighted by Gasteiger charge is -2.31. The molecule has 0 atom stereocenters. The minimum atomic E-state index is 0.527. The van der Waals surface area contributed by atoms with Crippen molar-refractivity contribution in [3.8, 4) is 78.4 Å². The van der Waals surface area contributed by atoms with Crippen LogP contribution in [-0.2, 0) is 0 Å². The van der Waals surface area contributed by atoms with Gasteiger partial charge in [0.25, 0.3) is 0 Å². The molecule has 69 heavy (non-hydrogen) atoms. The number of anilines is 3. The predicted octanol–water partition coefficient (Wildman–Crippen LogP) is 17.3. The van der Waals surface area contributed by atoms with Gasteiger partial charge in [-0.3, -0.25) is 0 Å². The molecule has 0 aliphatic carbocycles. The molecule has 1 heterocycles. The maximum Gasteiger partial charge on any atom is 0.187 e. The summed E-state index contributed by atoms with van der Waals surface area (Å²) in [6.07, 6.45) is 9.33. The normalized spacial score (nSPS) is 11.1. The second kappa shape index (κ2) is 20.3. The van der Waals surface area contributed by atoms with Crippen molar-refractivity contribution >= 4 is 28.8 Å². The third-order valence-corrected chi connectivity index (χ3v) is 12.0. The Kier molecular flexibility index (Phi) is 12.8. The summed E-state index contributed by atoms with van der Waals surface area (Å²) in [5.41, 5.74) is 15.8. The van der Waals surface area contributed by atoms with Gasteiger partial charge in [-0.15, -0.1) is 0 Å². The lowest BCUT2D eigenvalue weighted by Crippen LogP contribution is -2.13. The molecule has 9 aromatic carbocycles. The molecule has 0 radical (unpaired) electrons. The van der Waals surface area contributed by atoms with Crippen molar-refractivity contribution in [1.82, 2.24) is 15.0 Å². The summed E-state index contributed by atoms with van der Waals surface area (Å²) in [6, 6.07) is 79.9. The van der Waals surface area contributed by atoms with Crippen LogP contribution in [0.25, 0.3) is 89.3 Å². The fourth-order valence-electron chi connectivity index (χ4n) is 8.50. The summed E-state index contributed by atoms with van der Waals surface area (Å²) in [4.78, 5) is 21.4. The van der Waals surface area contributed by atoms with Gasteiger partial charge in [0, 0.05) is 33.6 Å². The van der Waals surface area contributed by atoms with Gasteiger partial charge in [-0.05, 0) is 87.0 Å². The van der Waals surface area contributed by atoms with Crippen molar-refractivity contribution in [3.05, 3.63) is 279 Å². The fourth-order valence-corrected chi connectivity index (χ4v) is 8.50. The molecule has 0 amide bonds. The zero-order valence-electron chi connectivity index (χ0n) is 37.8. The van der Waals surface area contributed by atoms with Crippen LogP contribution in [0.15, 0.2) is 261 Å². The molecular weight excluding hydrogens is 839 g/mol. The van der Waals surface area contributed by atoms with Crippen molar-refractivity contribution in [1.29, 1.82) is 0 Å². The van der Waals surface area contributed by atoms with Gasteiger partial charge in [0.1, 0.15) is 0 Å². The van der Waals surface area contributed by atoms with Crippen LogP contribution in [0.2, 0.25) is 0 Å². The first-order valence-electron chi connectivity index (χ1n) is 22.8. The van der Waals surface area contributed by atoms with E-state index < -0.39 is 0 Å². The van der Waals surface area contributed by atoms with E-state index >= 15 is 0 Å². The molecule has 0 saturated heterocycles. The quantitative estimate of drug-likeness (QED) is 0.0855. The molecule has 0 N–H and O–H groups in total. The molecule has 0 aliphatic heterocycles. The average molecular weight is 884 g/mol. The van der Waals surface area contributed by atoms with Crippen LogP contribution >= 0.6 is 0 Å². The molecule has 0 bridgehead atoms. The van der Waals surface area contributed by atoms with Gasteiger partial charge < -0.3 is 4.90 Å². The Bertz CT molecular complexity index is 3350. The Morgan fingerprint density at radius 1 is 0.377 bits per heavy atom. The van der Waals surface area contributed by atoms with Crippen molar-refractivity contribution in [2.45, 2.75) is 0 Å². The standard InChI is InChI=1S/C64H45N5/c1-3-4-5-18-27-61-66-63(54-25-16-9-17-26-54)68-64(67-61)55-44-59(52-32-28-49(29-33-52)46-19-10-6-11-20-46)62(60(45-55)53-34-30-50(31-35-53)47-21-12-7-13-22-47)69(58-42-38-56(65-2)39-43-58)57-40-36-51(37-41-57)48-23-14-8-15-24-48/h3-45H,1H2/b5-4-,27-18+. The highest BCUT2D eigenvalue weighted by atomic mass is 15.1. The SMILES string of the molecule is [C-]#[N+]c1ccc(N(c2ccc(-c3ccccc3)cc2)c2c(-c3ccc(-c4ccccc4)cc3)cc(-c3nc(/C=C/C=C\C=C)nc(-c4ccccc4)n3)cc2-c2ccc(-c3ccccc3)cc2)cc1. The highest BCUT2D eigenvalue weighted by Crippen LogP contribution is 2.49. The summed E-state index contributed by atoms with van der Waals surface area (Å²) in [6.45, 7) is 11.7. The van der Waals surface area contributed by atoms with E-state index in [0.29, 0.717) is 23.2 Å². The van der Waals surface area contributed by atoms with Crippen LogP contribution in [0.5, 0.6) is 0 Å². The second-order valence-corrected chi connectivity index (χ2v) is 16.4. The number of hydrogen-bond donors (Lipinski definition) is 0. The Labute approximate surface area is 403 Å². The molecule has 326 valence electrons. The van der Waals surface area contributed by atoms with Crippen LogP contribution in [0.1, 0.15) is 5.82 Å². The van der Waals surface area contributed by atoms with E-state index in [0.717, 1.165) is 83.8 Å². The Morgan fingerprint density at radius 3 is 1.19 bits per heavy atom. The molecule has 0 unspecified atom stereocenters. The number of allylic oxidation sites excluding steroid dienone is 4. The van der Waals surface area contributed by atoms with Crippen molar-refractivity contribution < 1.29 is 0 Å². The summed E-state index contributed by atoms with van der Waals surface area (Å²) in [5.74, 6) is 1.63. The lowest BCUT2D eigenvalue weighted by molar-refractivity contribution is 1.04. The highest BCUT2D eigenvalue weighted by Gasteiger charge is 2.25. The monoisotopic (exact) mass is 883 g/mol. The van der Waals surface area contributed by atoms with Gasteiger partial charge in [0.15, 0.2) is 23.2 Å². The van der Waals surface area contributed by atoms with Gasteiger partial charge in [0.05, 0.1) is 12.3 Å². The molecule has 0 saturated carbocycles. The van der Waals surface area contributed by atoms with E-state index in [1.54, 1.807) is 6.08 Å². The Morgan fingerprint density at radius 2 is 0.754 bits per heavy atom. The molecule has 5 nitrogen and oxygen atoms in total. The predicted molar refractivity (Wildman–Crippen MR) is 287 cm³/mol. The number of hydrogen-bond acceptors (Lipinski definition) is 4. The molecular formula is C64H45N5. The highest BCUT2D eigenvalue weighted by molar-refractivity contribution is 6.00. The Hall–Kier alpha value is -9.50. The molecule has 10 rings (SSSR count). The lowest BCUT2D eigenvalue weighted by atomic mass is 9.90. The van der Waals surface area contributed by atoms with Crippen LogP contribution < -0.4 is 4.90 Å². The van der Waals surface area contributed by atoms with E-state index in [9.17, 15) is 0 Å². The van der Waals surface area contributed by atoms with E-state index in [1.165, 1.54) is 0 Å². The van der Waals surface area contributed by atoms with Crippen LogP contribution in [0.3, 0.4) is 0 Å². The van der Waals surface area contributed by atoms with Gasteiger partial charge in [-0.2, -0.15) is 0 Å². The summed E-state index contributed by atoms with van der Waals surface area (Å²) in [7, 11) is 0. The molecule has 1 aromatic heterocycles. The molecule has 10 aromatic rings. The topological polar surface area (TPSA) is 46.3 Å². The first-order valence-corrected chi connectivity index (χ1v) is 22.8. The number of nitrogens with zero attached hydrogens (tertiary/aromatic N) is 5. The van der Waals surface area contributed by atoms with Crippen LogP contribution in [0.4, 0.5) is 22.7 Å². The fraction of sp³-hybridized carbons (Fsp3) is 0. The van der Waals surface area contributed by atoms with Gasteiger partial charge in [0.2, 0.25) is 0 Å². The van der Waals surface area contributed by atoms with Crippen molar-refractivity contribution in [2.24, 2.45) is 0 Å². The molecule has 5 heteroatoms. The summed E-state index contributed by atoms with van der Waals surface area (Å²) in [5, 5.41) is 0. The van der Waals surface area contributed by atoms with Crippen LogP contribution in [0, 0.1) is 6.57 Å². The van der Waals surface area contributed by atoms with E-state index in [4.69, 9.17) is 21.5 Å². The molecule has 0 fully saturated rings. The minimum Gasteiger partial charge on any atom is -0.309 e. The molecule has 0 aliphatic rings. The van der Waals surface area contributed by atoms with Crippen molar-refractivity contribution in [2.75, 3.05) is 4.90 Å². The van der Waals surface area contributed by atoms with E-state index in [1.807, 2.05) is 97.1 Å². The summed E-state index contributed by atoms with van der Waals surface area (Å²) < 4.78 is 0. The first-order chi connectivity index (χ1) is 34.1.